The summed E-state index contributed by atoms with van der Waals surface area (Å²) >= 11 is 6.05. The van der Waals surface area contributed by atoms with Crippen molar-refractivity contribution >= 4 is 35.2 Å². The smallest absolute Gasteiger partial charge is 0.293 e. The van der Waals surface area contributed by atoms with Crippen LogP contribution >= 0.6 is 11.6 Å². The van der Waals surface area contributed by atoms with Gasteiger partial charge in [0, 0.05) is 17.3 Å². The zero-order valence-corrected chi connectivity index (χ0v) is 22.4. The molecule has 2 aromatic heterocycles. The zero-order chi connectivity index (χ0) is 28.2. The first kappa shape index (κ1) is 26.0. The van der Waals surface area contributed by atoms with Gasteiger partial charge in [-0.3, -0.25) is 4.79 Å². The number of rotatable bonds is 9. The number of hydrazone groups is 1. The van der Waals surface area contributed by atoms with Crippen molar-refractivity contribution < 1.29 is 14.2 Å². The minimum Gasteiger partial charge on any atom is -0.489 e. The second-order valence-electron chi connectivity index (χ2n) is 9.26. The van der Waals surface area contributed by atoms with E-state index >= 15 is 0 Å². The van der Waals surface area contributed by atoms with Crippen LogP contribution < -0.4 is 20.8 Å². The van der Waals surface area contributed by atoms with E-state index < -0.39 is 5.91 Å². The fraction of sp³-hybridized carbons (Fsp3) is 0.143. The fourth-order valence-corrected chi connectivity index (χ4v) is 4.79. The summed E-state index contributed by atoms with van der Waals surface area (Å²) in [4.78, 5) is 15.4. The molecule has 0 saturated heterocycles. The second-order valence-corrected chi connectivity index (χ2v) is 9.70. The Bertz CT molecular complexity index is 1730. The number of hydrogen-bond acceptors (Lipinski definition) is 10. The minimum absolute atomic E-state index is 0.0282. The quantitative estimate of drug-likeness (QED) is 0.200. The SMILES string of the molecule is Nc1nonc1-n1nnc(C(=O)N/N=C\c2cccc(OCc3cccc(Cl)c3)c2)c1CN1CCc2ccccc21. The van der Waals surface area contributed by atoms with Gasteiger partial charge in [-0.05, 0) is 63.8 Å². The molecule has 0 atom stereocenters. The van der Waals surface area contributed by atoms with Gasteiger partial charge in [0.1, 0.15) is 12.4 Å². The summed E-state index contributed by atoms with van der Waals surface area (Å²) in [7, 11) is 0. The molecule has 41 heavy (non-hydrogen) atoms. The number of para-hydroxylation sites is 1. The van der Waals surface area contributed by atoms with E-state index in [1.54, 1.807) is 0 Å². The monoisotopic (exact) mass is 569 g/mol. The van der Waals surface area contributed by atoms with Gasteiger partial charge in [-0.1, -0.05) is 59.3 Å². The summed E-state index contributed by atoms with van der Waals surface area (Å²) in [6, 6.07) is 22.9. The van der Waals surface area contributed by atoms with Crippen LogP contribution in [0.5, 0.6) is 5.75 Å². The van der Waals surface area contributed by atoms with E-state index in [4.69, 9.17) is 26.7 Å². The first-order chi connectivity index (χ1) is 20.0. The molecule has 0 radical (unpaired) electrons. The van der Waals surface area contributed by atoms with Crippen molar-refractivity contribution in [2.45, 2.75) is 19.6 Å². The molecule has 0 fully saturated rings. The first-order valence-electron chi connectivity index (χ1n) is 12.7. The molecule has 206 valence electrons. The highest BCUT2D eigenvalue weighted by Crippen LogP contribution is 2.30. The normalized spacial score (nSPS) is 12.6. The van der Waals surface area contributed by atoms with Crippen molar-refractivity contribution in [2.75, 3.05) is 17.2 Å². The lowest BCUT2D eigenvalue weighted by atomic mass is 10.2. The summed E-state index contributed by atoms with van der Waals surface area (Å²) < 4.78 is 12.0. The summed E-state index contributed by atoms with van der Waals surface area (Å²) in [5.41, 5.74) is 13.0. The molecule has 3 aromatic carbocycles. The number of anilines is 2. The number of nitrogens with two attached hydrogens (primary N) is 1. The fourth-order valence-electron chi connectivity index (χ4n) is 4.58. The lowest BCUT2D eigenvalue weighted by Gasteiger charge is -2.19. The Labute approximate surface area is 239 Å². The summed E-state index contributed by atoms with van der Waals surface area (Å²) in [6.45, 7) is 1.46. The van der Waals surface area contributed by atoms with Crippen LogP contribution in [0, 0.1) is 0 Å². The Balaban J connectivity index is 1.18. The molecule has 6 rings (SSSR count). The number of ether oxygens (including phenoxy) is 1. The van der Waals surface area contributed by atoms with Crippen molar-refractivity contribution in [3.63, 3.8) is 0 Å². The Morgan fingerprint density at radius 2 is 2.00 bits per heavy atom. The highest BCUT2D eigenvalue weighted by molar-refractivity contribution is 6.30. The molecule has 0 unspecified atom stereocenters. The van der Waals surface area contributed by atoms with Crippen LogP contribution in [0.1, 0.15) is 32.9 Å². The Hall–Kier alpha value is -5.23. The zero-order valence-electron chi connectivity index (χ0n) is 21.6. The number of amides is 1. The molecule has 13 heteroatoms. The molecule has 1 amide bonds. The third-order valence-electron chi connectivity index (χ3n) is 6.53. The van der Waals surface area contributed by atoms with Crippen molar-refractivity contribution in [1.82, 2.24) is 30.7 Å². The van der Waals surface area contributed by atoms with E-state index in [0.717, 1.165) is 29.8 Å². The maximum Gasteiger partial charge on any atom is 0.293 e. The number of fused-ring (bicyclic) bond motifs is 1. The number of nitrogen functional groups attached to an aromatic ring is 1. The van der Waals surface area contributed by atoms with E-state index in [2.05, 4.69) is 42.1 Å². The number of halogens is 1. The van der Waals surface area contributed by atoms with E-state index in [-0.39, 0.29) is 17.3 Å². The number of hydrogen-bond donors (Lipinski definition) is 2. The summed E-state index contributed by atoms with van der Waals surface area (Å²) in [6.07, 6.45) is 2.41. The maximum atomic E-state index is 13.2. The number of aromatic nitrogens is 5. The summed E-state index contributed by atoms with van der Waals surface area (Å²) in [5.74, 6) is 0.283. The third-order valence-corrected chi connectivity index (χ3v) is 6.77. The average molecular weight is 570 g/mol. The Kier molecular flexibility index (Phi) is 7.28. The van der Waals surface area contributed by atoms with Crippen molar-refractivity contribution in [2.24, 2.45) is 5.10 Å². The molecule has 0 aliphatic carbocycles. The first-order valence-corrected chi connectivity index (χ1v) is 13.1. The largest absolute Gasteiger partial charge is 0.489 e. The van der Waals surface area contributed by atoms with Gasteiger partial charge >= 0.3 is 0 Å². The van der Waals surface area contributed by atoms with Crippen LogP contribution in [-0.4, -0.2) is 44.0 Å². The number of nitrogens with one attached hydrogen (secondary N) is 1. The van der Waals surface area contributed by atoms with Crippen LogP contribution in [-0.2, 0) is 19.6 Å². The lowest BCUT2D eigenvalue weighted by Crippen LogP contribution is -2.26. The molecule has 3 heterocycles. The van der Waals surface area contributed by atoms with Gasteiger partial charge in [-0.25, -0.2) is 10.1 Å². The van der Waals surface area contributed by atoms with Crippen LogP contribution in [0.2, 0.25) is 5.02 Å². The van der Waals surface area contributed by atoms with Crippen molar-refractivity contribution in [1.29, 1.82) is 0 Å². The number of carbonyl (C=O) groups excluding carboxylic acids is 1. The van der Waals surface area contributed by atoms with Crippen molar-refractivity contribution in [3.8, 4) is 11.6 Å². The van der Waals surface area contributed by atoms with E-state index in [0.29, 0.717) is 29.6 Å². The molecule has 0 spiro atoms. The van der Waals surface area contributed by atoms with Crippen LogP contribution in [0.3, 0.4) is 0 Å². The van der Waals surface area contributed by atoms with Crippen LogP contribution in [0.4, 0.5) is 11.5 Å². The molecule has 5 aromatic rings. The topological polar surface area (TPSA) is 150 Å². The van der Waals surface area contributed by atoms with Crippen LogP contribution in [0.25, 0.3) is 5.82 Å². The standard InChI is InChI=1S/C28H24ClN9O3/c29-21-8-3-6-19(13-21)17-40-22-9-4-5-18(14-22)15-31-33-28(39)25-24(38(36-32-25)27-26(30)34-41-35-27)16-37-12-11-20-7-1-2-10-23(20)37/h1-10,13-15H,11-12,16-17H2,(H2,30,34)(H,33,39)/b31-15-. The van der Waals surface area contributed by atoms with Gasteiger partial charge in [-0.2, -0.15) is 9.78 Å². The highest BCUT2D eigenvalue weighted by Gasteiger charge is 2.28. The predicted molar refractivity (Wildman–Crippen MR) is 152 cm³/mol. The van der Waals surface area contributed by atoms with Gasteiger partial charge in [0.15, 0.2) is 5.69 Å². The van der Waals surface area contributed by atoms with Crippen molar-refractivity contribution in [3.05, 3.63) is 106 Å². The predicted octanol–water partition coefficient (Wildman–Crippen LogP) is 3.79. The van der Waals surface area contributed by atoms with Gasteiger partial charge in [-0.15, -0.1) is 5.10 Å². The number of benzene rings is 3. The molecule has 3 N–H and O–H groups in total. The average Bonchev–Trinajstić information content (AvgIpc) is 3.71. The molecular formula is C28H24ClN9O3. The van der Waals surface area contributed by atoms with Gasteiger partial charge in [0.05, 0.1) is 18.5 Å². The molecule has 1 aliphatic rings. The van der Waals surface area contributed by atoms with Gasteiger partial charge < -0.3 is 15.4 Å². The molecule has 1 aliphatic heterocycles. The van der Waals surface area contributed by atoms with Gasteiger partial charge in [0.25, 0.3) is 5.91 Å². The van der Waals surface area contributed by atoms with E-state index in [1.807, 2.05) is 66.7 Å². The molecular weight excluding hydrogens is 546 g/mol. The Morgan fingerprint density at radius 1 is 1.12 bits per heavy atom. The maximum absolute atomic E-state index is 13.2. The molecule has 0 bridgehead atoms. The van der Waals surface area contributed by atoms with E-state index in [1.165, 1.54) is 16.5 Å². The number of nitrogens with zero attached hydrogens (tertiary/aromatic N) is 7. The summed E-state index contributed by atoms with van der Waals surface area (Å²) in [5, 5.41) is 20.5. The second kappa shape index (κ2) is 11.5. The third kappa shape index (κ3) is 5.72. The van der Waals surface area contributed by atoms with Gasteiger partial charge in [0.2, 0.25) is 11.6 Å². The van der Waals surface area contributed by atoms with Crippen LogP contribution in [0.15, 0.2) is 82.5 Å². The van der Waals surface area contributed by atoms with E-state index in [9.17, 15) is 4.79 Å². The number of carbonyl (C=O) groups is 1. The Morgan fingerprint density at radius 3 is 2.85 bits per heavy atom. The molecule has 12 nitrogen and oxygen atoms in total. The highest BCUT2D eigenvalue weighted by atomic mass is 35.5. The minimum atomic E-state index is -0.543. The lowest BCUT2D eigenvalue weighted by molar-refractivity contribution is 0.0949. The molecule has 0 saturated carbocycles.